The van der Waals surface area contributed by atoms with Gasteiger partial charge in [-0.2, -0.15) is 5.10 Å². The first kappa shape index (κ1) is 16.6. The summed E-state index contributed by atoms with van der Waals surface area (Å²) in [5, 5.41) is 8.29. The van der Waals surface area contributed by atoms with Crippen LogP contribution in [0.5, 0.6) is 5.75 Å². The van der Waals surface area contributed by atoms with Crippen molar-refractivity contribution in [2.75, 3.05) is 0 Å². The molecule has 2 aliphatic rings. The lowest BCUT2D eigenvalue weighted by Gasteiger charge is -2.38. The fraction of sp³-hybridized carbons (Fsp3) is 0.143. The molecule has 3 heterocycles. The van der Waals surface area contributed by atoms with Gasteiger partial charge in [0.15, 0.2) is 0 Å². The number of pyridine rings is 1. The first-order valence-electron chi connectivity index (χ1n) is 8.67. The summed E-state index contributed by atoms with van der Waals surface area (Å²) in [5.74, 6) is 0.830. The van der Waals surface area contributed by atoms with Crippen LogP contribution in [0.1, 0.15) is 35.4 Å². The van der Waals surface area contributed by atoms with Gasteiger partial charge in [-0.25, -0.2) is 5.01 Å². The number of nitrogens with zero attached hydrogens (tertiary/aromatic N) is 3. The zero-order valence-corrected chi connectivity index (χ0v) is 15.7. The molecule has 2 aliphatic heterocycles. The summed E-state index contributed by atoms with van der Waals surface area (Å²) < 4.78 is 6.32. The molecule has 0 aliphatic carbocycles. The van der Waals surface area contributed by atoms with Crippen molar-refractivity contribution < 1.29 is 4.74 Å². The number of hydrogen-bond acceptors (Lipinski definition) is 4. The first-order valence-corrected chi connectivity index (χ1v) is 9.42. The Hall–Kier alpha value is -2.56. The Bertz CT molecular complexity index is 1040. The van der Waals surface area contributed by atoms with Crippen molar-refractivity contribution in [3.8, 4) is 5.75 Å². The lowest BCUT2D eigenvalue weighted by atomic mass is 9.96. The van der Waals surface area contributed by atoms with Crippen LogP contribution in [-0.4, -0.2) is 15.7 Å². The number of halogens is 2. The van der Waals surface area contributed by atoms with Crippen molar-refractivity contribution in [3.63, 3.8) is 0 Å². The Morgan fingerprint density at radius 1 is 0.963 bits per heavy atom. The lowest BCUT2D eigenvalue weighted by Crippen LogP contribution is -2.33. The van der Waals surface area contributed by atoms with E-state index in [0.29, 0.717) is 10.0 Å². The highest BCUT2D eigenvalue weighted by Crippen LogP contribution is 2.48. The maximum Gasteiger partial charge on any atom is 0.213 e. The van der Waals surface area contributed by atoms with Gasteiger partial charge >= 0.3 is 0 Å². The van der Waals surface area contributed by atoms with E-state index in [0.717, 1.165) is 34.6 Å². The molecule has 0 bridgehead atoms. The summed E-state index contributed by atoms with van der Waals surface area (Å²) in [7, 11) is 0. The summed E-state index contributed by atoms with van der Waals surface area (Å²) in [6.07, 6.45) is 4.00. The number of hydrogen-bond donors (Lipinski definition) is 0. The topological polar surface area (TPSA) is 37.7 Å². The van der Waals surface area contributed by atoms with Gasteiger partial charge in [-0.05, 0) is 42.5 Å². The summed E-state index contributed by atoms with van der Waals surface area (Å²) in [6.45, 7) is 0. The Morgan fingerprint density at radius 3 is 2.59 bits per heavy atom. The minimum absolute atomic E-state index is 0.0552. The molecule has 27 heavy (non-hydrogen) atoms. The van der Waals surface area contributed by atoms with E-state index in [2.05, 4.69) is 4.98 Å². The van der Waals surface area contributed by atoms with Gasteiger partial charge in [-0.15, -0.1) is 0 Å². The van der Waals surface area contributed by atoms with Gasteiger partial charge in [0.2, 0.25) is 6.23 Å². The summed E-state index contributed by atoms with van der Waals surface area (Å²) in [5.41, 5.74) is 4.08. The summed E-state index contributed by atoms with van der Waals surface area (Å²) >= 11 is 12.5. The van der Waals surface area contributed by atoms with E-state index < -0.39 is 0 Å². The molecule has 0 saturated heterocycles. The van der Waals surface area contributed by atoms with Crippen LogP contribution in [0.25, 0.3) is 0 Å². The van der Waals surface area contributed by atoms with E-state index in [4.69, 9.17) is 33.0 Å². The number of benzene rings is 2. The molecular weight excluding hydrogens is 381 g/mol. The maximum absolute atomic E-state index is 6.32. The molecule has 134 valence electrons. The quantitative estimate of drug-likeness (QED) is 0.563. The zero-order valence-electron chi connectivity index (χ0n) is 14.2. The van der Waals surface area contributed by atoms with E-state index in [9.17, 15) is 0 Å². The monoisotopic (exact) mass is 395 g/mol. The molecule has 4 nitrogen and oxygen atoms in total. The molecule has 0 amide bonds. The fourth-order valence-corrected chi connectivity index (χ4v) is 4.04. The van der Waals surface area contributed by atoms with Gasteiger partial charge in [0.1, 0.15) is 5.75 Å². The van der Waals surface area contributed by atoms with Crippen molar-refractivity contribution in [1.29, 1.82) is 0 Å². The molecule has 0 N–H and O–H groups in total. The van der Waals surface area contributed by atoms with Crippen molar-refractivity contribution in [2.45, 2.75) is 18.7 Å². The van der Waals surface area contributed by atoms with Crippen LogP contribution in [0.3, 0.4) is 0 Å². The molecule has 0 saturated carbocycles. The van der Waals surface area contributed by atoms with E-state index in [-0.39, 0.29) is 12.3 Å². The second-order valence-electron chi connectivity index (χ2n) is 6.59. The van der Waals surface area contributed by atoms with Gasteiger partial charge in [0, 0.05) is 45.6 Å². The number of fused-ring (bicyclic) bond motifs is 3. The van der Waals surface area contributed by atoms with Crippen molar-refractivity contribution in [3.05, 3.63) is 93.7 Å². The van der Waals surface area contributed by atoms with Crippen molar-refractivity contribution in [2.24, 2.45) is 5.10 Å². The molecule has 0 radical (unpaired) electrons. The SMILES string of the molecule is Clc1cccc([C@H]2Oc3ccc(Cl)cc3[C@@H]3CC(c4ccncc4)=NN23)c1. The van der Waals surface area contributed by atoms with Crippen LogP contribution >= 0.6 is 23.2 Å². The van der Waals surface area contributed by atoms with Crippen LogP contribution < -0.4 is 4.74 Å². The predicted octanol–water partition coefficient (Wildman–Crippen LogP) is 5.63. The minimum Gasteiger partial charge on any atom is -0.464 e. The minimum atomic E-state index is -0.346. The summed E-state index contributed by atoms with van der Waals surface area (Å²) in [6, 6.07) is 17.5. The summed E-state index contributed by atoms with van der Waals surface area (Å²) in [4.78, 5) is 4.10. The van der Waals surface area contributed by atoms with Crippen LogP contribution in [0, 0.1) is 0 Å². The largest absolute Gasteiger partial charge is 0.464 e. The van der Waals surface area contributed by atoms with Crippen LogP contribution in [0.4, 0.5) is 0 Å². The Kier molecular flexibility index (Phi) is 4.03. The highest BCUT2D eigenvalue weighted by atomic mass is 35.5. The number of rotatable bonds is 2. The van der Waals surface area contributed by atoms with Gasteiger partial charge in [-0.3, -0.25) is 4.98 Å². The van der Waals surface area contributed by atoms with Crippen molar-refractivity contribution in [1.82, 2.24) is 9.99 Å². The van der Waals surface area contributed by atoms with Crippen LogP contribution in [-0.2, 0) is 0 Å². The van der Waals surface area contributed by atoms with E-state index >= 15 is 0 Å². The van der Waals surface area contributed by atoms with Crippen molar-refractivity contribution >= 4 is 28.9 Å². The smallest absolute Gasteiger partial charge is 0.213 e. The molecule has 0 spiro atoms. The predicted molar refractivity (Wildman–Crippen MR) is 106 cm³/mol. The molecule has 3 aromatic rings. The molecule has 0 fully saturated rings. The van der Waals surface area contributed by atoms with Gasteiger partial charge in [0.05, 0.1) is 11.8 Å². The lowest BCUT2D eigenvalue weighted by molar-refractivity contribution is -0.0190. The van der Waals surface area contributed by atoms with E-state index in [1.165, 1.54) is 0 Å². The van der Waals surface area contributed by atoms with E-state index in [1.54, 1.807) is 12.4 Å². The van der Waals surface area contributed by atoms with Crippen LogP contribution in [0.2, 0.25) is 10.0 Å². The normalized spacial score (nSPS) is 20.5. The third-order valence-electron chi connectivity index (χ3n) is 4.90. The highest BCUT2D eigenvalue weighted by molar-refractivity contribution is 6.31. The average Bonchev–Trinajstić information content (AvgIpc) is 3.14. The molecule has 1 aromatic heterocycles. The van der Waals surface area contributed by atoms with Gasteiger partial charge < -0.3 is 4.74 Å². The molecule has 2 atom stereocenters. The molecule has 5 rings (SSSR count). The molecule has 2 aromatic carbocycles. The zero-order chi connectivity index (χ0) is 18.4. The second kappa shape index (κ2) is 6.55. The highest BCUT2D eigenvalue weighted by Gasteiger charge is 2.41. The Morgan fingerprint density at radius 2 is 1.78 bits per heavy atom. The number of hydrazone groups is 1. The Labute approximate surface area is 167 Å². The average molecular weight is 396 g/mol. The first-order chi connectivity index (χ1) is 13.2. The Balaban J connectivity index is 1.62. The third-order valence-corrected chi connectivity index (χ3v) is 5.37. The fourth-order valence-electron chi connectivity index (χ4n) is 3.66. The van der Waals surface area contributed by atoms with Crippen LogP contribution in [0.15, 0.2) is 72.1 Å². The maximum atomic E-state index is 6.32. The van der Waals surface area contributed by atoms with Gasteiger partial charge in [0.25, 0.3) is 0 Å². The van der Waals surface area contributed by atoms with Gasteiger partial charge in [-0.1, -0.05) is 35.3 Å². The molecular formula is C21H15Cl2N3O. The standard InChI is InChI=1S/C21H15Cl2N3O/c22-15-3-1-2-14(10-15)21-26-19(17-11-16(23)4-5-20(17)27-21)12-18(25-26)13-6-8-24-9-7-13/h1-11,19,21H,12H2/t19-,21+/m0/s1. The second-order valence-corrected chi connectivity index (χ2v) is 7.46. The third kappa shape index (κ3) is 2.95. The number of ether oxygens (including phenoxy) is 1. The number of aromatic nitrogens is 1. The molecule has 6 heteroatoms. The van der Waals surface area contributed by atoms with E-state index in [1.807, 2.05) is 59.6 Å². The molecule has 0 unspecified atom stereocenters.